The third kappa shape index (κ3) is 5.29. The Balaban J connectivity index is 1.06. The summed E-state index contributed by atoms with van der Waals surface area (Å²) in [5.41, 5.74) is 12.4. The van der Waals surface area contributed by atoms with Crippen LogP contribution in [-0.4, -0.2) is 19.5 Å². The fourth-order valence-corrected chi connectivity index (χ4v) is 8.11. The molecule has 8 aromatic carbocycles. The van der Waals surface area contributed by atoms with E-state index in [0.717, 1.165) is 77.6 Å². The van der Waals surface area contributed by atoms with Crippen LogP contribution >= 0.6 is 0 Å². The van der Waals surface area contributed by atoms with Crippen molar-refractivity contribution in [2.24, 2.45) is 0 Å². The molecule has 3 aromatic heterocycles. The second kappa shape index (κ2) is 13.0. The molecule has 0 atom stereocenters. The highest BCUT2D eigenvalue weighted by atomic mass is 16.3. The maximum atomic E-state index is 6.26. The van der Waals surface area contributed by atoms with Crippen LogP contribution in [0.5, 0.6) is 0 Å². The van der Waals surface area contributed by atoms with Crippen LogP contribution in [0.3, 0.4) is 0 Å². The zero-order valence-electron chi connectivity index (χ0n) is 30.2. The molecule has 0 fully saturated rings. The van der Waals surface area contributed by atoms with Gasteiger partial charge in [0, 0.05) is 43.9 Å². The van der Waals surface area contributed by atoms with Crippen LogP contribution in [0.2, 0.25) is 0 Å². The minimum absolute atomic E-state index is 0.628. The molecule has 0 saturated heterocycles. The van der Waals surface area contributed by atoms with Crippen LogP contribution in [0.25, 0.3) is 106 Å². The first kappa shape index (κ1) is 31.9. The summed E-state index contributed by atoms with van der Waals surface area (Å²) in [6, 6.07) is 67.5. The van der Waals surface area contributed by atoms with Crippen molar-refractivity contribution in [3.63, 3.8) is 0 Å². The molecule has 5 nitrogen and oxygen atoms in total. The molecule has 11 aromatic rings. The third-order valence-corrected chi connectivity index (χ3v) is 10.7. The molecule has 0 aliphatic heterocycles. The number of hydrogen-bond acceptors (Lipinski definition) is 4. The summed E-state index contributed by atoms with van der Waals surface area (Å²) in [7, 11) is 0. The summed E-state index contributed by atoms with van der Waals surface area (Å²) < 4.78 is 8.63. The minimum atomic E-state index is 0.628. The van der Waals surface area contributed by atoms with Gasteiger partial charge in [0.15, 0.2) is 17.5 Å². The standard InChI is InChI=1S/C51H32N4O/c1-3-15-33(16-4-1)49-52-50(34-17-5-2-6-18-34)54-51(53-49)41-23-8-7-21-38(41)35-19-13-20-37(31-35)55-44-26-11-9-22-40(44)43-32-36(29-30-45(43)55)39-25-14-28-47-48(39)42-24-10-12-27-46(42)56-47/h1-32H. The van der Waals surface area contributed by atoms with Gasteiger partial charge in [-0.05, 0) is 64.7 Å². The number of benzene rings is 8. The number of furan rings is 1. The monoisotopic (exact) mass is 716 g/mol. The molecule has 11 rings (SSSR count). The zero-order valence-corrected chi connectivity index (χ0v) is 30.2. The summed E-state index contributed by atoms with van der Waals surface area (Å²) in [5, 5.41) is 4.66. The van der Waals surface area contributed by atoms with Crippen molar-refractivity contribution in [1.29, 1.82) is 0 Å². The van der Waals surface area contributed by atoms with Crippen LogP contribution in [0, 0.1) is 0 Å². The molecule has 0 unspecified atom stereocenters. The highest BCUT2D eigenvalue weighted by Crippen LogP contribution is 2.41. The van der Waals surface area contributed by atoms with Gasteiger partial charge in [0.05, 0.1) is 11.0 Å². The Hall–Kier alpha value is -7.63. The predicted molar refractivity (Wildman–Crippen MR) is 229 cm³/mol. The Morgan fingerprint density at radius 1 is 0.339 bits per heavy atom. The van der Waals surface area contributed by atoms with Crippen LogP contribution in [0.4, 0.5) is 0 Å². The number of fused-ring (bicyclic) bond motifs is 6. The minimum Gasteiger partial charge on any atom is -0.456 e. The van der Waals surface area contributed by atoms with E-state index in [4.69, 9.17) is 19.4 Å². The summed E-state index contributed by atoms with van der Waals surface area (Å²) in [5.74, 6) is 1.91. The van der Waals surface area contributed by atoms with Gasteiger partial charge in [0.25, 0.3) is 0 Å². The topological polar surface area (TPSA) is 56.7 Å². The quantitative estimate of drug-likeness (QED) is 0.172. The molecule has 262 valence electrons. The molecule has 0 saturated carbocycles. The van der Waals surface area contributed by atoms with Gasteiger partial charge in [-0.1, -0.05) is 152 Å². The van der Waals surface area contributed by atoms with Crippen LogP contribution in [0.15, 0.2) is 199 Å². The lowest BCUT2D eigenvalue weighted by molar-refractivity contribution is 0.669. The number of rotatable bonds is 6. The lowest BCUT2D eigenvalue weighted by atomic mass is 9.98. The van der Waals surface area contributed by atoms with Crippen molar-refractivity contribution in [3.05, 3.63) is 194 Å². The Bertz CT molecular complexity index is 3200. The summed E-state index contributed by atoms with van der Waals surface area (Å²) >= 11 is 0. The molecule has 0 N–H and O–H groups in total. The molecule has 5 heteroatoms. The zero-order chi connectivity index (χ0) is 37.0. The molecule has 0 spiro atoms. The predicted octanol–water partition coefficient (Wildman–Crippen LogP) is 13.2. The fraction of sp³-hybridized carbons (Fsp3) is 0. The van der Waals surface area contributed by atoms with Gasteiger partial charge in [-0.2, -0.15) is 0 Å². The average Bonchev–Trinajstić information content (AvgIpc) is 3.83. The van der Waals surface area contributed by atoms with E-state index in [2.05, 4.69) is 120 Å². The van der Waals surface area contributed by atoms with Gasteiger partial charge >= 0.3 is 0 Å². The second-order valence-electron chi connectivity index (χ2n) is 14.0. The first-order valence-corrected chi connectivity index (χ1v) is 18.8. The van der Waals surface area contributed by atoms with Gasteiger partial charge in [-0.25, -0.2) is 15.0 Å². The molecule has 0 radical (unpaired) electrons. The molecule has 0 bridgehead atoms. The molecule has 0 amide bonds. The van der Waals surface area contributed by atoms with Crippen LogP contribution in [-0.2, 0) is 0 Å². The molecular weight excluding hydrogens is 685 g/mol. The Labute approximate surface area is 322 Å². The normalized spacial score (nSPS) is 11.6. The van der Waals surface area contributed by atoms with Crippen molar-refractivity contribution in [3.8, 4) is 62.1 Å². The Morgan fingerprint density at radius 3 is 1.68 bits per heavy atom. The number of para-hydroxylation sites is 2. The maximum Gasteiger partial charge on any atom is 0.164 e. The molecule has 0 aliphatic rings. The highest BCUT2D eigenvalue weighted by Gasteiger charge is 2.19. The lowest BCUT2D eigenvalue weighted by Crippen LogP contribution is -2.01. The third-order valence-electron chi connectivity index (χ3n) is 10.7. The summed E-state index contributed by atoms with van der Waals surface area (Å²) in [4.78, 5) is 15.1. The van der Waals surface area contributed by atoms with E-state index in [9.17, 15) is 0 Å². The molecule has 0 aliphatic carbocycles. The van der Waals surface area contributed by atoms with E-state index in [-0.39, 0.29) is 0 Å². The van der Waals surface area contributed by atoms with Crippen LogP contribution in [0.1, 0.15) is 0 Å². The van der Waals surface area contributed by atoms with Crippen molar-refractivity contribution < 1.29 is 4.42 Å². The van der Waals surface area contributed by atoms with E-state index in [1.807, 2.05) is 78.9 Å². The second-order valence-corrected chi connectivity index (χ2v) is 14.0. The SMILES string of the molecule is c1ccc(-c2nc(-c3ccccc3)nc(-c3ccccc3-c3cccc(-n4c5ccccc5c5cc(-c6cccc7oc8ccccc8c67)ccc54)c3)n2)cc1. The van der Waals surface area contributed by atoms with Crippen molar-refractivity contribution in [1.82, 2.24) is 19.5 Å². The lowest BCUT2D eigenvalue weighted by Gasteiger charge is -2.14. The molecule has 56 heavy (non-hydrogen) atoms. The van der Waals surface area contributed by atoms with Gasteiger partial charge in [0.2, 0.25) is 0 Å². The van der Waals surface area contributed by atoms with Crippen molar-refractivity contribution in [2.45, 2.75) is 0 Å². The first-order valence-electron chi connectivity index (χ1n) is 18.8. The van der Waals surface area contributed by atoms with Crippen molar-refractivity contribution >= 4 is 43.7 Å². The average molecular weight is 717 g/mol. The summed E-state index contributed by atoms with van der Waals surface area (Å²) in [6.07, 6.45) is 0. The summed E-state index contributed by atoms with van der Waals surface area (Å²) in [6.45, 7) is 0. The Kier molecular flexibility index (Phi) is 7.42. The van der Waals surface area contributed by atoms with E-state index in [1.165, 1.54) is 10.8 Å². The number of aromatic nitrogens is 4. The Morgan fingerprint density at radius 2 is 0.893 bits per heavy atom. The highest BCUT2D eigenvalue weighted by molar-refractivity contribution is 6.15. The van der Waals surface area contributed by atoms with E-state index < -0.39 is 0 Å². The van der Waals surface area contributed by atoms with Gasteiger partial charge in [0.1, 0.15) is 11.2 Å². The van der Waals surface area contributed by atoms with E-state index in [1.54, 1.807) is 0 Å². The van der Waals surface area contributed by atoms with Gasteiger partial charge in [-0.3, -0.25) is 0 Å². The first-order chi connectivity index (χ1) is 27.8. The van der Waals surface area contributed by atoms with Gasteiger partial charge in [-0.15, -0.1) is 0 Å². The molecular formula is C51H32N4O. The fourth-order valence-electron chi connectivity index (χ4n) is 8.11. The maximum absolute atomic E-state index is 6.26. The molecule has 3 heterocycles. The smallest absolute Gasteiger partial charge is 0.164 e. The van der Waals surface area contributed by atoms with Crippen molar-refractivity contribution in [2.75, 3.05) is 0 Å². The van der Waals surface area contributed by atoms with E-state index in [0.29, 0.717) is 17.5 Å². The number of nitrogens with zero attached hydrogens (tertiary/aromatic N) is 4. The van der Waals surface area contributed by atoms with Crippen LogP contribution < -0.4 is 0 Å². The van der Waals surface area contributed by atoms with E-state index >= 15 is 0 Å². The van der Waals surface area contributed by atoms with Gasteiger partial charge < -0.3 is 8.98 Å². The number of hydrogen-bond donors (Lipinski definition) is 0. The largest absolute Gasteiger partial charge is 0.456 e.